The lowest BCUT2D eigenvalue weighted by Crippen LogP contribution is -2.01. The monoisotopic (exact) mass is 250 g/mol. The molecule has 0 saturated carbocycles. The van der Waals surface area contributed by atoms with E-state index in [9.17, 15) is 0 Å². The Hall–Kier alpha value is -2.36. The second-order valence-electron chi connectivity index (χ2n) is 4.55. The van der Waals surface area contributed by atoms with Crippen molar-refractivity contribution in [2.75, 3.05) is 0 Å². The van der Waals surface area contributed by atoms with E-state index < -0.39 is 0 Å². The van der Waals surface area contributed by atoms with E-state index in [1.165, 1.54) is 0 Å². The summed E-state index contributed by atoms with van der Waals surface area (Å²) in [6, 6.07) is 10.1. The molecule has 1 aromatic carbocycles. The summed E-state index contributed by atoms with van der Waals surface area (Å²) in [5.74, 6) is 0.728. The van der Waals surface area contributed by atoms with Gasteiger partial charge in [0.15, 0.2) is 5.65 Å². The Morgan fingerprint density at radius 2 is 1.47 bits per heavy atom. The average Bonchev–Trinajstić information content (AvgIpc) is 2.38. The molecule has 2 aromatic heterocycles. The van der Waals surface area contributed by atoms with Crippen molar-refractivity contribution in [3.63, 3.8) is 0 Å². The SMILES string of the molecule is Cc1nc(C)c2nc(-c3ccccc3)c(C)nc2n1. The molecule has 0 radical (unpaired) electrons. The minimum atomic E-state index is 0.669. The molecule has 0 aliphatic rings. The van der Waals surface area contributed by atoms with Crippen LogP contribution in [-0.4, -0.2) is 19.9 Å². The second-order valence-corrected chi connectivity index (χ2v) is 4.55. The Bertz CT molecular complexity index is 751. The highest BCUT2D eigenvalue weighted by molar-refractivity contribution is 5.77. The van der Waals surface area contributed by atoms with Gasteiger partial charge in [0.1, 0.15) is 11.3 Å². The molecule has 0 N–H and O–H groups in total. The third kappa shape index (κ3) is 2.05. The van der Waals surface area contributed by atoms with E-state index in [-0.39, 0.29) is 0 Å². The summed E-state index contributed by atoms with van der Waals surface area (Å²) in [5.41, 5.74) is 5.15. The first-order valence-corrected chi connectivity index (χ1v) is 6.20. The van der Waals surface area contributed by atoms with Gasteiger partial charge in [-0.3, -0.25) is 0 Å². The first-order chi connectivity index (χ1) is 9.15. The van der Waals surface area contributed by atoms with E-state index >= 15 is 0 Å². The smallest absolute Gasteiger partial charge is 0.182 e. The van der Waals surface area contributed by atoms with Crippen LogP contribution in [0.15, 0.2) is 30.3 Å². The van der Waals surface area contributed by atoms with Gasteiger partial charge in [-0.1, -0.05) is 30.3 Å². The molecule has 0 saturated heterocycles. The maximum absolute atomic E-state index is 4.70. The Labute approximate surface area is 111 Å². The largest absolute Gasteiger partial charge is 0.241 e. The van der Waals surface area contributed by atoms with E-state index in [1.54, 1.807) is 0 Å². The van der Waals surface area contributed by atoms with E-state index in [1.807, 2.05) is 51.1 Å². The predicted octanol–water partition coefficient (Wildman–Crippen LogP) is 3.01. The molecule has 0 atom stereocenters. The fourth-order valence-corrected chi connectivity index (χ4v) is 2.17. The van der Waals surface area contributed by atoms with Crippen LogP contribution in [0.2, 0.25) is 0 Å². The van der Waals surface area contributed by atoms with Crippen LogP contribution < -0.4 is 0 Å². The minimum Gasteiger partial charge on any atom is -0.241 e. The highest BCUT2D eigenvalue weighted by Gasteiger charge is 2.11. The Balaban J connectivity index is 2.31. The summed E-state index contributed by atoms with van der Waals surface area (Å²) in [6.45, 7) is 5.77. The van der Waals surface area contributed by atoms with Gasteiger partial charge < -0.3 is 0 Å². The lowest BCUT2D eigenvalue weighted by atomic mass is 10.1. The highest BCUT2D eigenvalue weighted by atomic mass is 15.0. The Kier molecular flexibility index (Phi) is 2.71. The zero-order chi connectivity index (χ0) is 13.4. The molecule has 2 heterocycles. The number of hydrogen-bond donors (Lipinski definition) is 0. The van der Waals surface area contributed by atoms with Crippen molar-refractivity contribution in [1.29, 1.82) is 0 Å². The third-order valence-electron chi connectivity index (χ3n) is 3.04. The van der Waals surface area contributed by atoms with Crippen LogP contribution >= 0.6 is 0 Å². The van der Waals surface area contributed by atoms with Crippen molar-refractivity contribution < 1.29 is 0 Å². The van der Waals surface area contributed by atoms with Gasteiger partial charge in [0, 0.05) is 5.56 Å². The zero-order valence-electron chi connectivity index (χ0n) is 11.2. The molecule has 0 bridgehead atoms. The summed E-state index contributed by atoms with van der Waals surface area (Å²) in [5, 5.41) is 0. The predicted molar refractivity (Wildman–Crippen MR) is 74.8 cm³/mol. The Morgan fingerprint density at radius 3 is 2.21 bits per heavy atom. The summed E-state index contributed by atoms with van der Waals surface area (Å²) in [6.07, 6.45) is 0. The number of rotatable bonds is 1. The van der Waals surface area contributed by atoms with Gasteiger partial charge in [-0.25, -0.2) is 19.9 Å². The standard InChI is InChI=1S/C15H14N4/c1-9-13(12-7-5-4-6-8-12)19-14-10(2)16-11(3)18-15(14)17-9/h4-8H,1-3H3. The van der Waals surface area contributed by atoms with Crippen molar-refractivity contribution in [2.24, 2.45) is 0 Å². The minimum absolute atomic E-state index is 0.669. The molecule has 0 fully saturated rings. The maximum atomic E-state index is 4.70. The summed E-state index contributed by atoms with van der Waals surface area (Å²) >= 11 is 0. The molecule has 0 unspecified atom stereocenters. The molecule has 3 rings (SSSR count). The quantitative estimate of drug-likeness (QED) is 0.666. The van der Waals surface area contributed by atoms with Crippen LogP contribution in [-0.2, 0) is 0 Å². The van der Waals surface area contributed by atoms with Gasteiger partial charge in [-0.15, -0.1) is 0 Å². The molecular formula is C15H14N4. The molecule has 19 heavy (non-hydrogen) atoms. The van der Waals surface area contributed by atoms with Crippen LogP contribution in [0, 0.1) is 20.8 Å². The molecule has 0 aliphatic heterocycles. The molecule has 4 heteroatoms. The second kappa shape index (κ2) is 4.39. The molecule has 0 spiro atoms. The Morgan fingerprint density at radius 1 is 0.737 bits per heavy atom. The van der Waals surface area contributed by atoms with E-state index in [0.29, 0.717) is 5.65 Å². The average molecular weight is 250 g/mol. The van der Waals surface area contributed by atoms with Crippen LogP contribution in [0.4, 0.5) is 0 Å². The number of hydrogen-bond acceptors (Lipinski definition) is 4. The first-order valence-electron chi connectivity index (χ1n) is 6.20. The van der Waals surface area contributed by atoms with Gasteiger partial charge >= 0.3 is 0 Å². The summed E-state index contributed by atoms with van der Waals surface area (Å²) < 4.78 is 0. The third-order valence-corrected chi connectivity index (χ3v) is 3.04. The molecule has 0 aliphatic carbocycles. The van der Waals surface area contributed by atoms with Crippen molar-refractivity contribution in [3.8, 4) is 11.3 Å². The van der Waals surface area contributed by atoms with Crippen LogP contribution in [0.1, 0.15) is 17.2 Å². The van der Waals surface area contributed by atoms with Gasteiger partial charge in [0.25, 0.3) is 0 Å². The summed E-state index contributed by atoms with van der Waals surface area (Å²) in [4.78, 5) is 18.0. The van der Waals surface area contributed by atoms with Crippen molar-refractivity contribution in [2.45, 2.75) is 20.8 Å². The van der Waals surface area contributed by atoms with Gasteiger partial charge in [-0.2, -0.15) is 0 Å². The normalized spacial score (nSPS) is 10.9. The maximum Gasteiger partial charge on any atom is 0.182 e. The molecule has 0 amide bonds. The first kappa shape index (κ1) is 11.7. The highest BCUT2D eigenvalue weighted by Crippen LogP contribution is 2.22. The molecule has 94 valence electrons. The lowest BCUT2D eigenvalue weighted by molar-refractivity contribution is 1.01. The fraction of sp³-hybridized carbons (Fsp3) is 0.200. The van der Waals surface area contributed by atoms with Gasteiger partial charge in [0.2, 0.25) is 0 Å². The van der Waals surface area contributed by atoms with E-state index in [0.717, 1.165) is 34.0 Å². The number of aromatic nitrogens is 4. The fourth-order valence-electron chi connectivity index (χ4n) is 2.17. The van der Waals surface area contributed by atoms with Crippen molar-refractivity contribution in [3.05, 3.63) is 47.5 Å². The molecular weight excluding hydrogens is 236 g/mol. The van der Waals surface area contributed by atoms with E-state index in [4.69, 9.17) is 4.98 Å². The van der Waals surface area contributed by atoms with E-state index in [2.05, 4.69) is 15.0 Å². The van der Waals surface area contributed by atoms with Gasteiger partial charge in [-0.05, 0) is 20.8 Å². The molecule has 3 aromatic rings. The number of fused-ring (bicyclic) bond motifs is 1. The van der Waals surface area contributed by atoms with Crippen molar-refractivity contribution >= 4 is 11.2 Å². The van der Waals surface area contributed by atoms with Crippen LogP contribution in [0.5, 0.6) is 0 Å². The number of aryl methyl sites for hydroxylation is 3. The van der Waals surface area contributed by atoms with Crippen LogP contribution in [0.3, 0.4) is 0 Å². The summed E-state index contributed by atoms with van der Waals surface area (Å²) in [7, 11) is 0. The topological polar surface area (TPSA) is 51.6 Å². The zero-order valence-corrected chi connectivity index (χ0v) is 11.2. The number of benzene rings is 1. The van der Waals surface area contributed by atoms with Gasteiger partial charge in [0.05, 0.1) is 17.1 Å². The van der Waals surface area contributed by atoms with Crippen LogP contribution in [0.25, 0.3) is 22.4 Å². The molecule has 4 nitrogen and oxygen atoms in total. The number of nitrogens with zero attached hydrogens (tertiary/aromatic N) is 4. The lowest BCUT2D eigenvalue weighted by Gasteiger charge is -2.08. The van der Waals surface area contributed by atoms with Crippen molar-refractivity contribution in [1.82, 2.24) is 19.9 Å².